The molecule has 2 aromatic heterocycles. The molecular formula is C24H21N5O2. The third-order valence-corrected chi connectivity index (χ3v) is 4.91. The highest BCUT2D eigenvalue weighted by atomic mass is 16.3. The molecule has 0 saturated carbocycles. The van der Waals surface area contributed by atoms with E-state index in [0.29, 0.717) is 22.4 Å². The van der Waals surface area contributed by atoms with Gasteiger partial charge >= 0.3 is 0 Å². The molecule has 0 bridgehead atoms. The van der Waals surface area contributed by atoms with Crippen molar-refractivity contribution in [3.63, 3.8) is 0 Å². The van der Waals surface area contributed by atoms with Crippen molar-refractivity contribution in [3.05, 3.63) is 108 Å². The summed E-state index contributed by atoms with van der Waals surface area (Å²) in [5.41, 5.74) is 2.75. The Hall–Kier alpha value is -4.26. The van der Waals surface area contributed by atoms with Crippen molar-refractivity contribution in [1.29, 1.82) is 5.41 Å². The number of amides is 1. The van der Waals surface area contributed by atoms with Crippen molar-refractivity contribution < 1.29 is 9.90 Å². The summed E-state index contributed by atoms with van der Waals surface area (Å²) in [6.45, 7) is 0. The van der Waals surface area contributed by atoms with Gasteiger partial charge in [-0.25, -0.2) is 4.68 Å². The molecule has 4 aromatic rings. The van der Waals surface area contributed by atoms with Crippen LogP contribution in [0.25, 0.3) is 5.69 Å². The molecule has 154 valence electrons. The van der Waals surface area contributed by atoms with Gasteiger partial charge in [-0.2, -0.15) is 5.10 Å². The number of pyridine rings is 1. The van der Waals surface area contributed by atoms with Crippen LogP contribution in [-0.4, -0.2) is 31.5 Å². The summed E-state index contributed by atoms with van der Waals surface area (Å²) in [7, 11) is 0. The van der Waals surface area contributed by atoms with Crippen LogP contribution in [0.4, 0.5) is 0 Å². The second kappa shape index (κ2) is 9.04. The van der Waals surface area contributed by atoms with Gasteiger partial charge in [0.05, 0.1) is 11.7 Å². The smallest absolute Gasteiger partial charge is 0.251 e. The fourth-order valence-electron chi connectivity index (χ4n) is 3.34. The summed E-state index contributed by atoms with van der Waals surface area (Å²) in [6.07, 6.45) is 6.93. The Morgan fingerprint density at radius 3 is 2.61 bits per heavy atom. The van der Waals surface area contributed by atoms with Crippen LogP contribution in [0.2, 0.25) is 0 Å². The van der Waals surface area contributed by atoms with E-state index in [9.17, 15) is 9.90 Å². The van der Waals surface area contributed by atoms with Crippen molar-refractivity contribution in [2.75, 3.05) is 0 Å². The summed E-state index contributed by atoms with van der Waals surface area (Å²) >= 11 is 0. The predicted molar refractivity (Wildman–Crippen MR) is 118 cm³/mol. The maximum Gasteiger partial charge on any atom is 0.251 e. The molecule has 2 heterocycles. The number of phenols is 1. The minimum atomic E-state index is -0.588. The van der Waals surface area contributed by atoms with E-state index in [-0.39, 0.29) is 18.1 Å². The highest BCUT2D eigenvalue weighted by Gasteiger charge is 2.21. The van der Waals surface area contributed by atoms with Gasteiger partial charge in [0.15, 0.2) is 0 Å². The lowest BCUT2D eigenvalue weighted by Gasteiger charge is -2.21. The molecule has 2 aromatic carbocycles. The number of benzene rings is 2. The number of nitrogens with zero attached hydrogens (tertiary/aromatic N) is 3. The van der Waals surface area contributed by atoms with Gasteiger partial charge in [-0.05, 0) is 36.4 Å². The first-order valence-electron chi connectivity index (χ1n) is 9.78. The summed E-state index contributed by atoms with van der Waals surface area (Å²) < 4.78 is 1.68. The molecule has 0 saturated heterocycles. The Labute approximate surface area is 179 Å². The van der Waals surface area contributed by atoms with Crippen LogP contribution in [0, 0.1) is 5.41 Å². The second-order valence-corrected chi connectivity index (χ2v) is 7.01. The summed E-state index contributed by atoms with van der Waals surface area (Å²) in [6, 6.07) is 18.7. The van der Waals surface area contributed by atoms with Gasteiger partial charge in [-0.15, -0.1) is 0 Å². The average Bonchev–Trinajstić information content (AvgIpc) is 3.35. The SMILES string of the molecule is N=C(CC(NC(=O)c1cccc(-n2cccn2)c1)c1ccccc1O)c1cccnc1. The first-order valence-corrected chi connectivity index (χ1v) is 9.78. The fourth-order valence-corrected chi connectivity index (χ4v) is 3.34. The van der Waals surface area contributed by atoms with Crippen LogP contribution in [0.5, 0.6) is 5.75 Å². The highest BCUT2D eigenvalue weighted by molar-refractivity contribution is 5.99. The van der Waals surface area contributed by atoms with Crippen molar-refractivity contribution in [2.24, 2.45) is 0 Å². The molecular weight excluding hydrogens is 390 g/mol. The van der Waals surface area contributed by atoms with Crippen LogP contribution in [0.15, 0.2) is 91.5 Å². The summed E-state index contributed by atoms with van der Waals surface area (Å²) in [5.74, 6) is -0.238. The normalized spacial score (nSPS) is 11.6. The monoisotopic (exact) mass is 411 g/mol. The zero-order chi connectivity index (χ0) is 21.6. The van der Waals surface area contributed by atoms with E-state index < -0.39 is 6.04 Å². The number of phenolic OH excluding ortho intramolecular Hbond substituents is 1. The molecule has 0 aliphatic carbocycles. The molecule has 0 fully saturated rings. The van der Waals surface area contributed by atoms with Gasteiger partial charge in [0.2, 0.25) is 0 Å². The number of carbonyl (C=O) groups is 1. The van der Waals surface area contributed by atoms with Crippen molar-refractivity contribution in [3.8, 4) is 11.4 Å². The lowest BCUT2D eigenvalue weighted by molar-refractivity contribution is 0.0937. The Balaban J connectivity index is 1.60. The summed E-state index contributed by atoms with van der Waals surface area (Å²) in [4.78, 5) is 17.1. The van der Waals surface area contributed by atoms with Gasteiger partial charge in [0.1, 0.15) is 5.75 Å². The van der Waals surface area contributed by atoms with Gasteiger partial charge in [-0.3, -0.25) is 9.78 Å². The largest absolute Gasteiger partial charge is 0.508 e. The lowest BCUT2D eigenvalue weighted by Crippen LogP contribution is -2.30. The van der Waals surface area contributed by atoms with Gasteiger partial charge in [0, 0.05) is 53.6 Å². The van der Waals surface area contributed by atoms with Gasteiger partial charge in [-0.1, -0.05) is 30.3 Å². The van der Waals surface area contributed by atoms with Crippen LogP contribution in [-0.2, 0) is 0 Å². The molecule has 3 N–H and O–H groups in total. The Morgan fingerprint density at radius 2 is 1.87 bits per heavy atom. The minimum absolute atomic E-state index is 0.0667. The minimum Gasteiger partial charge on any atom is -0.508 e. The van der Waals surface area contributed by atoms with Crippen LogP contribution in [0.3, 0.4) is 0 Å². The molecule has 0 radical (unpaired) electrons. The van der Waals surface area contributed by atoms with E-state index >= 15 is 0 Å². The molecule has 0 aliphatic rings. The van der Waals surface area contributed by atoms with Crippen LogP contribution in [0.1, 0.15) is 33.9 Å². The average molecular weight is 411 g/mol. The topological polar surface area (TPSA) is 104 Å². The van der Waals surface area contributed by atoms with Crippen LogP contribution >= 0.6 is 0 Å². The van der Waals surface area contributed by atoms with Crippen LogP contribution < -0.4 is 5.32 Å². The highest BCUT2D eigenvalue weighted by Crippen LogP contribution is 2.27. The third-order valence-electron chi connectivity index (χ3n) is 4.91. The zero-order valence-corrected chi connectivity index (χ0v) is 16.6. The maximum atomic E-state index is 13.1. The molecule has 31 heavy (non-hydrogen) atoms. The molecule has 0 aliphatic heterocycles. The number of rotatable bonds is 7. The van der Waals surface area contributed by atoms with E-state index in [2.05, 4.69) is 15.4 Å². The maximum absolute atomic E-state index is 13.1. The molecule has 1 unspecified atom stereocenters. The lowest BCUT2D eigenvalue weighted by atomic mass is 9.97. The third kappa shape index (κ3) is 4.67. The molecule has 7 nitrogen and oxygen atoms in total. The number of para-hydroxylation sites is 1. The first-order chi connectivity index (χ1) is 15.1. The first kappa shape index (κ1) is 20.0. The number of hydrogen-bond acceptors (Lipinski definition) is 5. The van der Waals surface area contributed by atoms with E-state index in [1.807, 2.05) is 12.1 Å². The van der Waals surface area contributed by atoms with E-state index in [1.165, 1.54) is 0 Å². The molecule has 7 heteroatoms. The van der Waals surface area contributed by atoms with Gasteiger partial charge < -0.3 is 15.8 Å². The zero-order valence-electron chi connectivity index (χ0n) is 16.6. The molecule has 1 atom stereocenters. The van der Waals surface area contributed by atoms with Crippen molar-refractivity contribution in [1.82, 2.24) is 20.1 Å². The molecule has 0 spiro atoms. The van der Waals surface area contributed by atoms with E-state index in [1.54, 1.807) is 84.1 Å². The Kier molecular flexibility index (Phi) is 5.84. The Morgan fingerprint density at radius 1 is 1.03 bits per heavy atom. The number of carbonyl (C=O) groups excluding carboxylic acids is 1. The predicted octanol–water partition coefficient (Wildman–Crippen LogP) is 3.90. The molecule has 4 rings (SSSR count). The number of nitrogens with one attached hydrogen (secondary N) is 2. The molecule has 1 amide bonds. The second-order valence-electron chi connectivity index (χ2n) is 7.01. The number of aromatic hydroxyl groups is 1. The standard InChI is InChI=1S/C24H21N5O2/c25-21(18-7-4-11-26-16-18)15-22(20-9-1-2-10-23(20)30)28-24(31)17-6-3-8-19(14-17)29-13-5-12-27-29/h1-14,16,22,25,30H,15H2,(H,28,31). The van der Waals surface area contributed by atoms with Crippen molar-refractivity contribution in [2.45, 2.75) is 12.5 Å². The number of hydrogen-bond donors (Lipinski definition) is 3. The van der Waals surface area contributed by atoms with E-state index in [4.69, 9.17) is 5.41 Å². The van der Waals surface area contributed by atoms with Gasteiger partial charge in [0.25, 0.3) is 5.91 Å². The Bertz CT molecular complexity index is 1190. The van der Waals surface area contributed by atoms with E-state index in [0.717, 1.165) is 5.69 Å². The number of aromatic nitrogens is 3. The quantitative estimate of drug-likeness (QED) is 0.401. The fraction of sp³-hybridized carbons (Fsp3) is 0.0833. The van der Waals surface area contributed by atoms with Crippen molar-refractivity contribution >= 4 is 11.6 Å². The summed E-state index contributed by atoms with van der Waals surface area (Å²) in [5, 5.41) is 26.0.